The number of para-hydroxylation sites is 4. The van der Waals surface area contributed by atoms with E-state index in [-0.39, 0.29) is 0 Å². The minimum atomic E-state index is 0.962. The first-order chi connectivity index (χ1) is 53.0. The van der Waals surface area contributed by atoms with Crippen molar-refractivity contribution in [2.24, 2.45) is 0 Å². The number of aromatic nitrogens is 4. The zero-order valence-corrected chi connectivity index (χ0v) is 60.3. The van der Waals surface area contributed by atoms with E-state index in [9.17, 15) is 0 Å². The largest absolute Gasteiger partial charge is 0.316 e. The van der Waals surface area contributed by atoms with Gasteiger partial charge in [-0.25, -0.2) is 0 Å². The van der Waals surface area contributed by atoms with E-state index in [1.807, 2.05) is 0 Å². The van der Waals surface area contributed by atoms with Gasteiger partial charge in [0.2, 0.25) is 0 Å². The van der Waals surface area contributed by atoms with Gasteiger partial charge in [0.25, 0.3) is 0 Å². The van der Waals surface area contributed by atoms with Crippen LogP contribution in [-0.4, -0.2) is 18.3 Å². The Hall–Kier alpha value is -13.5. The van der Waals surface area contributed by atoms with E-state index in [0.717, 1.165) is 39.3 Å². The highest BCUT2D eigenvalue weighted by molar-refractivity contribution is 9.10. The molecule has 0 atom stereocenters. The van der Waals surface area contributed by atoms with Gasteiger partial charge < -0.3 is 23.2 Å². The fourth-order valence-electron chi connectivity index (χ4n) is 15.3. The van der Waals surface area contributed by atoms with Crippen LogP contribution in [0.3, 0.4) is 0 Å². The van der Waals surface area contributed by atoms with Gasteiger partial charge in [-0.2, -0.15) is 0 Å². The molecule has 0 amide bonds. The highest BCUT2D eigenvalue weighted by Crippen LogP contribution is 2.44. The predicted octanol–water partition coefficient (Wildman–Crippen LogP) is 27.6. The lowest BCUT2D eigenvalue weighted by Gasteiger charge is -2.26. The Morgan fingerprint density at radius 3 is 0.869 bits per heavy atom. The molecule has 508 valence electrons. The third kappa shape index (κ3) is 13.1. The van der Waals surface area contributed by atoms with Crippen molar-refractivity contribution in [1.82, 2.24) is 18.3 Å². The standard InChI is InChI=1S/C50H35N3.C26H17BrN2.C25H20/c1-5-13-36(14-6-1)38-21-25-42(26-22-38)52(43-27-23-39(24-28-43)37-15-7-2-8-16-37)44-29-31-49-47(35-44)45-30-32-48-46(33-34-51(48)40-17-9-3-10-18-40)50(45)53(49)41-19-11-4-12-20-41;27-18-11-13-25-23(17-18)21-12-14-24-22(15-16-28(24)19-7-3-1-4-8-19)26(21)29(25)20-9-5-2-6-10-20;1-3-7-22(8-4-1)24-15-11-20(12-16-24)19-21-13-17-25(18-14-21)23-9-5-2-6-10-23/h1-35H;1-17H;1-18H,19H2. The fraction of sp³-hybridized carbons (Fsp3) is 0.00990. The van der Waals surface area contributed by atoms with Gasteiger partial charge in [-0.15, -0.1) is 0 Å². The summed E-state index contributed by atoms with van der Waals surface area (Å²) in [4.78, 5) is 2.37. The lowest BCUT2D eigenvalue weighted by molar-refractivity contribution is 1.13. The summed E-state index contributed by atoms with van der Waals surface area (Å²) >= 11 is 3.65. The Balaban J connectivity index is 0.000000126. The summed E-state index contributed by atoms with van der Waals surface area (Å²) in [7, 11) is 0. The van der Waals surface area contributed by atoms with Gasteiger partial charge in [0.05, 0.1) is 33.1 Å². The molecular weight excluding hydrogens is 1360 g/mol. The summed E-state index contributed by atoms with van der Waals surface area (Å²) < 4.78 is 10.5. The molecule has 16 aromatic carbocycles. The quantitative estimate of drug-likeness (QED) is 0.113. The summed E-state index contributed by atoms with van der Waals surface area (Å²) in [6.45, 7) is 0. The average molecular weight is 1440 g/mol. The molecule has 0 aliphatic heterocycles. The molecule has 6 heteroatoms. The van der Waals surface area contributed by atoms with Crippen molar-refractivity contribution < 1.29 is 0 Å². The molecule has 4 heterocycles. The number of fused-ring (bicyclic) bond motifs is 10. The molecular formula is C101H72BrN5. The molecule has 107 heavy (non-hydrogen) atoms. The van der Waals surface area contributed by atoms with Gasteiger partial charge in [0.15, 0.2) is 0 Å². The zero-order chi connectivity index (χ0) is 71.4. The lowest BCUT2D eigenvalue weighted by atomic mass is 9.98. The van der Waals surface area contributed by atoms with Crippen LogP contribution in [0.5, 0.6) is 0 Å². The van der Waals surface area contributed by atoms with Crippen molar-refractivity contribution in [2.75, 3.05) is 4.90 Å². The molecule has 4 aromatic heterocycles. The molecule has 0 saturated carbocycles. The Morgan fingerprint density at radius 2 is 0.505 bits per heavy atom. The maximum atomic E-state index is 3.65. The Morgan fingerprint density at radius 1 is 0.215 bits per heavy atom. The fourth-order valence-corrected chi connectivity index (χ4v) is 15.7. The summed E-state index contributed by atoms with van der Waals surface area (Å²) in [6.07, 6.45) is 5.32. The van der Waals surface area contributed by atoms with Gasteiger partial charge in [0.1, 0.15) is 0 Å². The van der Waals surface area contributed by atoms with Gasteiger partial charge >= 0.3 is 0 Å². The van der Waals surface area contributed by atoms with E-state index in [4.69, 9.17) is 0 Å². The SMILES string of the molecule is Brc1ccc2c(c1)c1ccc3c(ccn3-c3ccccc3)c1n2-c1ccccc1.c1ccc(-c2ccc(Cc3ccc(-c4ccccc4)cc3)cc2)cc1.c1ccc(-c2ccc(N(c3ccc(-c4ccccc4)cc3)c3ccc4c(c3)c3ccc5c(ccn5-c5ccccc5)c3n4-c3ccccc3)cc2)cc1. The van der Waals surface area contributed by atoms with E-state index in [1.54, 1.807) is 0 Å². The highest BCUT2D eigenvalue weighted by Gasteiger charge is 2.22. The van der Waals surface area contributed by atoms with Crippen LogP contribution in [0.1, 0.15) is 11.1 Å². The Labute approximate surface area is 631 Å². The third-order valence-electron chi connectivity index (χ3n) is 20.5. The monoisotopic (exact) mass is 1430 g/mol. The summed E-state index contributed by atoms with van der Waals surface area (Å²) in [5.74, 6) is 0. The van der Waals surface area contributed by atoms with E-state index >= 15 is 0 Å². The van der Waals surface area contributed by atoms with Crippen LogP contribution in [0.15, 0.2) is 429 Å². The first-order valence-electron chi connectivity index (χ1n) is 36.4. The van der Waals surface area contributed by atoms with Crippen LogP contribution in [0.4, 0.5) is 17.1 Å². The molecule has 20 aromatic rings. The average Bonchev–Trinajstić information content (AvgIpc) is 1.57. The van der Waals surface area contributed by atoms with Gasteiger partial charge in [-0.1, -0.05) is 295 Å². The molecule has 0 bridgehead atoms. The smallest absolute Gasteiger partial charge is 0.0635 e. The second-order valence-corrected chi connectivity index (χ2v) is 27.9. The normalized spacial score (nSPS) is 11.3. The molecule has 20 rings (SSSR count). The maximum absolute atomic E-state index is 3.65. The topological polar surface area (TPSA) is 23.0 Å². The number of hydrogen-bond donors (Lipinski definition) is 0. The molecule has 5 nitrogen and oxygen atoms in total. The van der Waals surface area contributed by atoms with E-state index in [2.05, 4.69) is 464 Å². The van der Waals surface area contributed by atoms with Crippen molar-refractivity contribution in [1.29, 1.82) is 0 Å². The molecule has 0 N–H and O–H groups in total. The molecule has 0 saturated heterocycles. The Kier molecular flexibility index (Phi) is 17.9. The number of nitrogens with zero attached hydrogens (tertiary/aromatic N) is 5. The van der Waals surface area contributed by atoms with Gasteiger partial charge in [-0.05, 0) is 196 Å². The minimum absolute atomic E-state index is 0.962. The van der Waals surface area contributed by atoms with Crippen molar-refractivity contribution >= 4 is 98.4 Å². The second-order valence-electron chi connectivity index (χ2n) is 27.0. The summed E-state index contributed by atoms with van der Waals surface area (Å²) in [5, 5.41) is 7.43. The lowest BCUT2D eigenvalue weighted by Crippen LogP contribution is -2.10. The van der Waals surface area contributed by atoms with E-state index in [1.165, 1.54) is 132 Å². The first-order valence-corrected chi connectivity index (χ1v) is 37.2. The molecule has 0 radical (unpaired) electrons. The summed E-state index contributed by atoms with van der Waals surface area (Å²) in [5.41, 5.74) is 27.7. The van der Waals surface area contributed by atoms with Crippen molar-refractivity contribution in [2.45, 2.75) is 6.42 Å². The molecule has 0 unspecified atom stereocenters. The zero-order valence-electron chi connectivity index (χ0n) is 58.7. The van der Waals surface area contributed by atoms with Crippen molar-refractivity contribution in [3.8, 4) is 67.3 Å². The van der Waals surface area contributed by atoms with Crippen molar-refractivity contribution in [3.63, 3.8) is 0 Å². The Bertz CT molecular complexity index is 6270. The van der Waals surface area contributed by atoms with Gasteiger partial charge in [-0.3, -0.25) is 0 Å². The van der Waals surface area contributed by atoms with Crippen LogP contribution in [0.2, 0.25) is 0 Å². The van der Waals surface area contributed by atoms with Crippen LogP contribution in [0.25, 0.3) is 133 Å². The molecule has 0 aliphatic rings. The van der Waals surface area contributed by atoms with Gasteiger partial charge in [0, 0.05) is 89.0 Å². The number of rotatable bonds is 13. The highest BCUT2D eigenvalue weighted by atomic mass is 79.9. The van der Waals surface area contributed by atoms with Crippen molar-refractivity contribution in [3.05, 3.63) is 441 Å². The van der Waals surface area contributed by atoms with Crippen LogP contribution in [0, 0.1) is 0 Å². The first kappa shape index (κ1) is 65.5. The van der Waals surface area contributed by atoms with Crippen LogP contribution >= 0.6 is 15.9 Å². The number of benzene rings is 16. The van der Waals surface area contributed by atoms with Crippen LogP contribution < -0.4 is 4.90 Å². The molecule has 0 spiro atoms. The van der Waals surface area contributed by atoms with Crippen LogP contribution in [-0.2, 0) is 6.42 Å². The second kappa shape index (κ2) is 29.3. The maximum Gasteiger partial charge on any atom is 0.0635 e. The predicted molar refractivity (Wildman–Crippen MR) is 455 cm³/mol. The molecule has 0 aliphatic carbocycles. The van der Waals surface area contributed by atoms with E-state index in [0.29, 0.717) is 0 Å². The number of halogens is 1. The minimum Gasteiger partial charge on any atom is -0.316 e. The molecule has 0 fully saturated rings. The van der Waals surface area contributed by atoms with E-state index < -0.39 is 0 Å². The summed E-state index contributed by atoms with van der Waals surface area (Å²) in [6, 6.07) is 147. The number of anilines is 3. The third-order valence-corrected chi connectivity index (χ3v) is 21.0. The number of hydrogen-bond acceptors (Lipinski definition) is 1.